The van der Waals surface area contributed by atoms with E-state index in [2.05, 4.69) is 0 Å². The van der Waals surface area contributed by atoms with Crippen LogP contribution in [0.25, 0.3) is 0 Å². The average molecular weight is 478 g/mol. The topological polar surface area (TPSA) is 89.5 Å². The summed E-state index contributed by atoms with van der Waals surface area (Å²) < 4.78 is 32.1. The minimum Gasteiger partial charge on any atom is -0.497 e. The van der Waals surface area contributed by atoms with Gasteiger partial charge in [-0.3, -0.25) is 9.59 Å². The number of methoxy groups -OCH3 is 4. The van der Waals surface area contributed by atoms with Crippen LogP contribution in [0.15, 0.2) is 48.5 Å². The summed E-state index contributed by atoms with van der Waals surface area (Å²) in [6, 6.07) is 13.7. The summed E-state index contributed by atoms with van der Waals surface area (Å²) >= 11 is 0. The molecule has 8 heteroatoms. The molecule has 0 amide bonds. The van der Waals surface area contributed by atoms with E-state index in [1.54, 1.807) is 32.4 Å². The van der Waals surface area contributed by atoms with Gasteiger partial charge in [0.25, 0.3) is 0 Å². The summed E-state index contributed by atoms with van der Waals surface area (Å²) in [4.78, 5) is 26.6. The monoisotopic (exact) mass is 478 g/mol. The van der Waals surface area contributed by atoms with Gasteiger partial charge in [-0.05, 0) is 60.4 Å². The first-order chi connectivity index (χ1) is 17.0. The second-order valence-electron chi connectivity index (χ2n) is 7.81. The number of hydrogen-bond donors (Lipinski definition) is 0. The number of rotatable bonds is 10. The van der Waals surface area contributed by atoms with Gasteiger partial charge in [0.1, 0.15) is 11.5 Å². The van der Waals surface area contributed by atoms with Gasteiger partial charge in [-0.25, -0.2) is 0 Å². The van der Waals surface area contributed by atoms with Crippen molar-refractivity contribution >= 4 is 11.6 Å². The van der Waals surface area contributed by atoms with E-state index in [4.69, 9.17) is 28.4 Å². The molecule has 182 valence electrons. The molecule has 1 aliphatic rings. The van der Waals surface area contributed by atoms with E-state index in [9.17, 15) is 9.59 Å². The fourth-order valence-electron chi connectivity index (χ4n) is 3.91. The molecule has 0 saturated heterocycles. The molecule has 0 fully saturated rings. The van der Waals surface area contributed by atoms with Gasteiger partial charge in [-0.1, -0.05) is 6.07 Å². The largest absolute Gasteiger partial charge is 0.497 e. The number of ether oxygens (including phenoxy) is 6. The predicted molar refractivity (Wildman–Crippen MR) is 128 cm³/mol. The van der Waals surface area contributed by atoms with E-state index in [1.165, 1.54) is 26.4 Å². The maximum absolute atomic E-state index is 13.4. The molecular formula is C27H26O8. The molecular weight excluding hydrogens is 452 g/mol. The Morgan fingerprint density at radius 2 is 1.37 bits per heavy atom. The summed E-state index contributed by atoms with van der Waals surface area (Å²) in [6.45, 7) is 0.0587. The van der Waals surface area contributed by atoms with Crippen molar-refractivity contribution in [3.8, 4) is 34.5 Å². The SMILES string of the molecule is COc1cc(OC)cc(C(=O)C(=O)c2cc3c(cc2CCc2ccc(OC)c(OC)c2)OCO3)c1. The minimum atomic E-state index is -0.673. The molecule has 0 unspecified atom stereocenters. The van der Waals surface area contributed by atoms with Gasteiger partial charge in [0.05, 0.1) is 28.4 Å². The molecule has 0 bridgehead atoms. The Morgan fingerprint density at radius 3 is 2.00 bits per heavy atom. The van der Waals surface area contributed by atoms with Gasteiger partial charge in [-0.2, -0.15) is 0 Å². The molecule has 35 heavy (non-hydrogen) atoms. The number of hydrogen-bond acceptors (Lipinski definition) is 8. The lowest BCUT2D eigenvalue weighted by Gasteiger charge is -2.13. The summed E-state index contributed by atoms with van der Waals surface area (Å²) in [7, 11) is 6.12. The number of Topliss-reactive ketones (excluding diaryl/α,β-unsaturated/α-hetero) is 2. The highest BCUT2D eigenvalue weighted by Crippen LogP contribution is 2.36. The first-order valence-corrected chi connectivity index (χ1v) is 10.9. The second-order valence-corrected chi connectivity index (χ2v) is 7.81. The first kappa shape index (κ1) is 23.9. The standard InChI is InChI=1S/C27H26O8/c1-30-19-10-18(11-20(13-19)31-2)26(28)27(29)21-14-25-24(34-15-35-25)12-17(21)7-5-16-6-8-22(32-3)23(9-16)33-4/h6,8-14H,5,7,15H2,1-4H3. The van der Waals surface area contributed by atoms with Crippen molar-refractivity contribution in [2.24, 2.45) is 0 Å². The Bertz CT molecular complexity index is 1240. The Morgan fingerprint density at radius 1 is 0.714 bits per heavy atom. The van der Waals surface area contributed by atoms with Crippen molar-refractivity contribution in [3.63, 3.8) is 0 Å². The van der Waals surface area contributed by atoms with Crippen molar-refractivity contribution in [2.45, 2.75) is 12.8 Å². The van der Waals surface area contributed by atoms with Gasteiger partial charge in [0.15, 0.2) is 23.0 Å². The molecule has 1 heterocycles. The molecule has 0 atom stereocenters. The highest BCUT2D eigenvalue weighted by Gasteiger charge is 2.26. The summed E-state index contributed by atoms with van der Waals surface area (Å²) in [5.74, 6) is 1.73. The van der Waals surface area contributed by atoms with E-state index in [-0.39, 0.29) is 17.9 Å². The Kier molecular flexibility index (Phi) is 7.10. The van der Waals surface area contributed by atoms with Crippen molar-refractivity contribution in [3.05, 3.63) is 70.8 Å². The van der Waals surface area contributed by atoms with Crippen molar-refractivity contribution < 1.29 is 38.0 Å². The third-order valence-electron chi connectivity index (χ3n) is 5.79. The van der Waals surface area contributed by atoms with E-state index >= 15 is 0 Å². The van der Waals surface area contributed by atoms with Gasteiger partial charge >= 0.3 is 0 Å². The van der Waals surface area contributed by atoms with Crippen molar-refractivity contribution in [1.82, 2.24) is 0 Å². The highest BCUT2D eigenvalue weighted by atomic mass is 16.7. The van der Waals surface area contributed by atoms with Crippen molar-refractivity contribution in [1.29, 1.82) is 0 Å². The van der Waals surface area contributed by atoms with Gasteiger partial charge in [0.2, 0.25) is 18.4 Å². The molecule has 0 aliphatic carbocycles. The lowest BCUT2D eigenvalue weighted by atomic mass is 9.93. The van der Waals surface area contributed by atoms with Crippen LogP contribution < -0.4 is 28.4 Å². The van der Waals surface area contributed by atoms with E-state index in [0.29, 0.717) is 52.9 Å². The molecule has 4 rings (SSSR count). The molecule has 0 saturated carbocycles. The van der Waals surface area contributed by atoms with E-state index in [1.807, 2.05) is 18.2 Å². The zero-order valence-electron chi connectivity index (χ0n) is 20.0. The molecule has 3 aromatic rings. The summed E-state index contributed by atoms with van der Waals surface area (Å²) in [6.07, 6.45) is 1.09. The van der Waals surface area contributed by atoms with Crippen LogP contribution in [-0.2, 0) is 12.8 Å². The normalized spacial score (nSPS) is 11.7. The number of fused-ring (bicyclic) bond motifs is 1. The van der Waals surface area contributed by atoms with Gasteiger partial charge < -0.3 is 28.4 Å². The first-order valence-electron chi connectivity index (χ1n) is 10.9. The van der Waals surface area contributed by atoms with Gasteiger partial charge in [-0.15, -0.1) is 0 Å². The molecule has 0 radical (unpaired) electrons. The fraction of sp³-hybridized carbons (Fsp3) is 0.259. The zero-order chi connectivity index (χ0) is 24.9. The maximum Gasteiger partial charge on any atom is 0.233 e. The van der Waals surface area contributed by atoms with Crippen LogP contribution in [0.5, 0.6) is 34.5 Å². The van der Waals surface area contributed by atoms with Crippen LogP contribution in [0.2, 0.25) is 0 Å². The molecule has 1 aliphatic heterocycles. The van der Waals surface area contributed by atoms with Crippen LogP contribution in [0.1, 0.15) is 31.8 Å². The van der Waals surface area contributed by atoms with Crippen LogP contribution in [0.3, 0.4) is 0 Å². The average Bonchev–Trinajstić information content (AvgIpc) is 3.37. The smallest absolute Gasteiger partial charge is 0.233 e. The molecule has 0 N–H and O–H groups in total. The number of carbonyl (C=O) groups is 2. The molecule has 0 aromatic heterocycles. The Labute approximate surface area is 203 Å². The maximum atomic E-state index is 13.4. The van der Waals surface area contributed by atoms with Crippen LogP contribution in [0.4, 0.5) is 0 Å². The predicted octanol–water partition coefficient (Wildman–Crippen LogP) is 4.30. The summed E-state index contributed by atoms with van der Waals surface area (Å²) in [5.41, 5.74) is 2.11. The van der Waals surface area contributed by atoms with Crippen LogP contribution in [0, 0.1) is 0 Å². The molecule has 3 aromatic carbocycles. The lowest BCUT2D eigenvalue weighted by Crippen LogP contribution is -2.17. The third-order valence-corrected chi connectivity index (χ3v) is 5.79. The zero-order valence-corrected chi connectivity index (χ0v) is 20.0. The Hall–Kier alpha value is -4.20. The third kappa shape index (κ3) is 5.01. The van der Waals surface area contributed by atoms with Crippen LogP contribution >= 0.6 is 0 Å². The van der Waals surface area contributed by atoms with Crippen molar-refractivity contribution in [2.75, 3.05) is 35.2 Å². The van der Waals surface area contributed by atoms with Crippen LogP contribution in [-0.4, -0.2) is 46.8 Å². The number of ketones is 2. The quantitative estimate of drug-likeness (QED) is 0.315. The number of benzene rings is 3. The van der Waals surface area contributed by atoms with Gasteiger partial charge in [0, 0.05) is 17.2 Å². The second kappa shape index (κ2) is 10.4. The lowest BCUT2D eigenvalue weighted by molar-refractivity contribution is 0.0816. The molecule has 8 nitrogen and oxygen atoms in total. The minimum absolute atomic E-state index is 0.0587. The summed E-state index contributed by atoms with van der Waals surface area (Å²) in [5, 5.41) is 0. The molecule has 0 spiro atoms. The van der Waals surface area contributed by atoms with E-state index < -0.39 is 11.6 Å². The Balaban J connectivity index is 1.65. The van der Waals surface area contributed by atoms with E-state index in [0.717, 1.165) is 5.56 Å². The fourth-order valence-corrected chi connectivity index (χ4v) is 3.91. The number of aryl methyl sites for hydroxylation is 2. The number of carbonyl (C=O) groups excluding carboxylic acids is 2. The highest BCUT2D eigenvalue weighted by molar-refractivity contribution is 6.49.